The molecule has 0 bridgehead atoms. The lowest BCUT2D eigenvalue weighted by atomic mass is 10.3. The molecule has 1 atom stereocenters. The highest BCUT2D eigenvalue weighted by molar-refractivity contribution is 9.10. The van der Waals surface area contributed by atoms with Gasteiger partial charge in [0.25, 0.3) is 0 Å². The molecule has 0 saturated heterocycles. The normalized spacial score (nSPS) is 11.9. The number of hydrogen-bond acceptors (Lipinski definition) is 2. The van der Waals surface area contributed by atoms with E-state index in [1.807, 2.05) is 31.2 Å². The van der Waals surface area contributed by atoms with Crippen LogP contribution in [0.4, 0.5) is 5.69 Å². The summed E-state index contributed by atoms with van der Waals surface area (Å²) in [7, 11) is 0. The van der Waals surface area contributed by atoms with Gasteiger partial charge in [-0.15, -0.1) is 0 Å². The fourth-order valence-corrected chi connectivity index (χ4v) is 1.20. The molecule has 0 aliphatic rings. The van der Waals surface area contributed by atoms with Crippen molar-refractivity contribution in [3.05, 3.63) is 24.3 Å². The number of amides is 1. The zero-order valence-electron chi connectivity index (χ0n) is 8.79. The molecule has 0 aromatic heterocycles. The fraction of sp³-hybridized carbons (Fsp3) is 0.364. The van der Waals surface area contributed by atoms with Crippen LogP contribution in [0.5, 0.6) is 5.75 Å². The largest absolute Gasteiger partial charge is 0.492 e. The average molecular weight is 272 g/mol. The van der Waals surface area contributed by atoms with Crippen LogP contribution in [0, 0.1) is 0 Å². The summed E-state index contributed by atoms with van der Waals surface area (Å²) in [4.78, 5) is 11.2. The van der Waals surface area contributed by atoms with Gasteiger partial charge in [0.05, 0.1) is 17.1 Å². The van der Waals surface area contributed by atoms with Gasteiger partial charge in [-0.25, -0.2) is 0 Å². The Hall–Kier alpha value is -1.03. The molecule has 1 aromatic carbocycles. The van der Waals surface area contributed by atoms with E-state index in [9.17, 15) is 4.79 Å². The number of carbonyl (C=O) groups is 1. The highest BCUT2D eigenvalue weighted by Crippen LogP contribution is 2.24. The van der Waals surface area contributed by atoms with Crippen LogP contribution in [0.25, 0.3) is 0 Å². The van der Waals surface area contributed by atoms with E-state index in [2.05, 4.69) is 21.2 Å². The second kappa shape index (κ2) is 5.75. The quantitative estimate of drug-likeness (QED) is 0.856. The Labute approximate surface area is 97.9 Å². The van der Waals surface area contributed by atoms with Crippen LogP contribution in [0.1, 0.15) is 13.8 Å². The van der Waals surface area contributed by atoms with Crippen LogP contribution in [0.2, 0.25) is 0 Å². The van der Waals surface area contributed by atoms with E-state index in [0.29, 0.717) is 18.0 Å². The van der Waals surface area contributed by atoms with Crippen molar-refractivity contribution in [1.82, 2.24) is 0 Å². The number of ether oxygens (including phenoxy) is 1. The number of alkyl halides is 1. The van der Waals surface area contributed by atoms with Gasteiger partial charge in [-0.2, -0.15) is 0 Å². The van der Waals surface area contributed by atoms with Crippen molar-refractivity contribution in [3.63, 3.8) is 0 Å². The van der Waals surface area contributed by atoms with Crippen molar-refractivity contribution in [1.29, 1.82) is 0 Å². The van der Waals surface area contributed by atoms with E-state index < -0.39 is 0 Å². The summed E-state index contributed by atoms with van der Waals surface area (Å²) < 4.78 is 5.39. The predicted molar refractivity (Wildman–Crippen MR) is 64.6 cm³/mol. The van der Waals surface area contributed by atoms with Crippen LogP contribution < -0.4 is 10.1 Å². The van der Waals surface area contributed by atoms with Crippen LogP contribution >= 0.6 is 15.9 Å². The molecule has 0 fully saturated rings. The lowest BCUT2D eigenvalue weighted by molar-refractivity contribution is -0.115. The molecule has 1 aromatic rings. The highest BCUT2D eigenvalue weighted by Gasteiger charge is 2.11. The third-order valence-corrected chi connectivity index (χ3v) is 2.22. The minimum Gasteiger partial charge on any atom is -0.492 e. The minimum absolute atomic E-state index is 0.0813. The maximum atomic E-state index is 11.5. The van der Waals surface area contributed by atoms with Gasteiger partial charge in [-0.05, 0) is 26.0 Å². The van der Waals surface area contributed by atoms with Crippen LogP contribution in [0.3, 0.4) is 0 Å². The molecule has 0 aliphatic carbocycles. The monoisotopic (exact) mass is 271 g/mol. The van der Waals surface area contributed by atoms with Crippen LogP contribution in [-0.4, -0.2) is 17.3 Å². The standard InChI is InChI=1S/C11H14BrNO2/c1-3-15-10-7-5-4-6-9(10)13-11(14)8(2)12/h4-8H,3H2,1-2H3,(H,13,14). The molecule has 0 spiro atoms. The topological polar surface area (TPSA) is 38.3 Å². The van der Waals surface area contributed by atoms with Crippen LogP contribution in [-0.2, 0) is 4.79 Å². The molecule has 0 aliphatic heterocycles. The molecule has 1 unspecified atom stereocenters. The first-order valence-corrected chi connectivity index (χ1v) is 5.73. The van der Waals surface area contributed by atoms with Crippen molar-refractivity contribution >= 4 is 27.5 Å². The summed E-state index contributed by atoms with van der Waals surface area (Å²) in [5, 5.41) is 2.78. The predicted octanol–water partition coefficient (Wildman–Crippen LogP) is 2.81. The number of nitrogens with one attached hydrogen (secondary N) is 1. The Morgan fingerprint density at radius 2 is 2.20 bits per heavy atom. The first-order chi connectivity index (χ1) is 7.15. The van der Waals surface area contributed by atoms with E-state index in [0.717, 1.165) is 0 Å². The Morgan fingerprint density at radius 3 is 2.80 bits per heavy atom. The summed E-state index contributed by atoms with van der Waals surface area (Å²) in [6.45, 7) is 4.26. The first-order valence-electron chi connectivity index (χ1n) is 4.82. The van der Waals surface area contributed by atoms with Crippen molar-refractivity contribution in [2.45, 2.75) is 18.7 Å². The molecule has 0 radical (unpaired) electrons. The number of anilines is 1. The summed E-state index contributed by atoms with van der Waals surface area (Å²) in [6, 6.07) is 7.38. The number of hydrogen-bond donors (Lipinski definition) is 1. The van der Waals surface area contributed by atoms with E-state index in [1.54, 1.807) is 6.92 Å². The minimum atomic E-state index is -0.216. The molecule has 0 saturated carbocycles. The summed E-state index contributed by atoms with van der Waals surface area (Å²) in [5.41, 5.74) is 0.704. The molecule has 0 heterocycles. The number of carbonyl (C=O) groups excluding carboxylic acids is 1. The molecule has 3 nitrogen and oxygen atoms in total. The molecule has 15 heavy (non-hydrogen) atoms. The van der Waals surface area contributed by atoms with Gasteiger partial charge >= 0.3 is 0 Å². The van der Waals surface area contributed by atoms with Crippen molar-refractivity contribution in [3.8, 4) is 5.75 Å². The molecular formula is C11H14BrNO2. The Morgan fingerprint density at radius 1 is 1.53 bits per heavy atom. The first kappa shape index (κ1) is 12.0. The van der Waals surface area contributed by atoms with Gasteiger partial charge < -0.3 is 10.1 Å². The zero-order valence-corrected chi connectivity index (χ0v) is 10.4. The van der Waals surface area contributed by atoms with Gasteiger partial charge in [-0.1, -0.05) is 28.1 Å². The fourth-order valence-electron chi connectivity index (χ4n) is 1.08. The van der Waals surface area contributed by atoms with Gasteiger partial charge in [0.1, 0.15) is 5.75 Å². The summed E-state index contributed by atoms with van der Waals surface area (Å²) in [6.07, 6.45) is 0. The van der Waals surface area contributed by atoms with Crippen molar-refractivity contribution in [2.75, 3.05) is 11.9 Å². The third-order valence-electron chi connectivity index (χ3n) is 1.81. The number of rotatable bonds is 4. The number of para-hydroxylation sites is 2. The molecule has 4 heteroatoms. The Balaban J connectivity index is 2.79. The number of benzene rings is 1. The second-order valence-electron chi connectivity index (χ2n) is 3.03. The Kier molecular flexibility index (Phi) is 4.62. The molecule has 1 amide bonds. The van der Waals surface area contributed by atoms with Gasteiger partial charge in [-0.3, -0.25) is 4.79 Å². The smallest absolute Gasteiger partial charge is 0.237 e. The van der Waals surface area contributed by atoms with Gasteiger partial charge in [0, 0.05) is 0 Å². The van der Waals surface area contributed by atoms with Crippen molar-refractivity contribution in [2.24, 2.45) is 0 Å². The van der Waals surface area contributed by atoms with Crippen LogP contribution in [0.15, 0.2) is 24.3 Å². The zero-order chi connectivity index (χ0) is 11.3. The Bertz CT molecular complexity index is 339. The maximum Gasteiger partial charge on any atom is 0.237 e. The second-order valence-corrected chi connectivity index (χ2v) is 4.41. The SMILES string of the molecule is CCOc1ccccc1NC(=O)C(C)Br. The van der Waals surface area contributed by atoms with E-state index in [1.165, 1.54) is 0 Å². The summed E-state index contributed by atoms with van der Waals surface area (Å²) >= 11 is 3.21. The lowest BCUT2D eigenvalue weighted by Crippen LogP contribution is -2.20. The van der Waals surface area contributed by atoms with Gasteiger partial charge in [0.2, 0.25) is 5.91 Å². The van der Waals surface area contributed by atoms with Gasteiger partial charge in [0.15, 0.2) is 0 Å². The van der Waals surface area contributed by atoms with E-state index in [4.69, 9.17) is 4.74 Å². The molecule has 1 N–H and O–H groups in total. The average Bonchev–Trinajstić information content (AvgIpc) is 2.21. The summed E-state index contributed by atoms with van der Waals surface area (Å²) in [5.74, 6) is 0.614. The van der Waals surface area contributed by atoms with E-state index in [-0.39, 0.29) is 10.7 Å². The van der Waals surface area contributed by atoms with Crippen molar-refractivity contribution < 1.29 is 9.53 Å². The third kappa shape index (κ3) is 3.55. The molecular weight excluding hydrogens is 258 g/mol. The molecule has 1 rings (SSSR count). The van der Waals surface area contributed by atoms with E-state index >= 15 is 0 Å². The number of halogens is 1. The maximum absolute atomic E-state index is 11.5. The highest BCUT2D eigenvalue weighted by atomic mass is 79.9. The molecule has 82 valence electrons. The lowest BCUT2D eigenvalue weighted by Gasteiger charge is -2.11.